The number of nitrogens with two attached hydrogens (primary N) is 1. The highest BCUT2D eigenvalue weighted by Crippen LogP contribution is 2.19. The lowest BCUT2D eigenvalue weighted by atomic mass is 9.94. The third-order valence-corrected chi connectivity index (χ3v) is 3.39. The number of benzene rings is 1. The highest BCUT2D eigenvalue weighted by Gasteiger charge is 2.22. The summed E-state index contributed by atoms with van der Waals surface area (Å²) in [6, 6.07) is 9.22. The lowest BCUT2D eigenvalue weighted by molar-refractivity contribution is -0.125. The molecule has 0 bridgehead atoms. The molecular weight excluding hydrogens is 240 g/mol. The Morgan fingerprint density at radius 1 is 1.26 bits per heavy atom. The summed E-state index contributed by atoms with van der Waals surface area (Å²) in [5.41, 5.74) is 7.02. The third-order valence-electron chi connectivity index (χ3n) is 3.39. The molecule has 0 aliphatic heterocycles. The van der Waals surface area contributed by atoms with Crippen LogP contribution < -0.4 is 11.1 Å². The van der Waals surface area contributed by atoms with Gasteiger partial charge in [-0.25, -0.2) is 0 Å². The van der Waals surface area contributed by atoms with Gasteiger partial charge in [0.15, 0.2) is 0 Å². The number of hydrogen-bond donors (Lipinski definition) is 3. The Hall–Kier alpha value is -1.39. The normalized spacial score (nSPS) is 15.9. The van der Waals surface area contributed by atoms with E-state index >= 15 is 0 Å². The van der Waals surface area contributed by atoms with E-state index in [2.05, 4.69) is 5.32 Å². The highest BCUT2D eigenvalue weighted by atomic mass is 16.3. The molecule has 3 unspecified atom stereocenters. The molecule has 0 aromatic heterocycles. The molecule has 4 N–H and O–H groups in total. The van der Waals surface area contributed by atoms with Crippen LogP contribution in [-0.2, 0) is 4.79 Å². The van der Waals surface area contributed by atoms with Gasteiger partial charge in [-0.2, -0.15) is 0 Å². The zero-order valence-electron chi connectivity index (χ0n) is 11.8. The first-order valence-corrected chi connectivity index (χ1v) is 6.69. The predicted molar refractivity (Wildman–Crippen MR) is 76.4 cm³/mol. The van der Waals surface area contributed by atoms with Gasteiger partial charge in [0.2, 0.25) is 5.91 Å². The molecule has 0 spiro atoms. The Bertz CT molecular complexity index is 392. The molecule has 1 rings (SSSR count). The summed E-state index contributed by atoms with van der Waals surface area (Å²) in [6.45, 7) is 5.89. The largest absolute Gasteiger partial charge is 0.391 e. The first kappa shape index (κ1) is 15.7. The smallest absolute Gasteiger partial charge is 0.224 e. The second-order valence-corrected chi connectivity index (χ2v) is 5.28. The van der Waals surface area contributed by atoms with E-state index in [0.717, 1.165) is 5.56 Å². The van der Waals surface area contributed by atoms with E-state index in [4.69, 9.17) is 5.73 Å². The maximum Gasteiger partial charge on any atom is 0.224 e. The first-order chi connectivity index (χ1) is 8.93. The summed E-state index contributed by atoms with van der Waals surface area (Å²) < 4.78 is 0. The molecule has 0 saturated carbocycles. The Kier molecular flexibility index (Phi) is 5.99. The molecule has 0 fully saturated rings. The van der Waals surface area contributed by atoms with E-state index in [9.17, 15) is 9.90 Å². The zero-order chi connectivity index (χ0) is 14.4. The summed E-state index contributed by atoms with van der Waals surface area (Å²) in [5.74, 6) is -0.337. The van der Waals surface area contributed by atoms with E-state index in [0.29, 0.717) is 0 Å². The van der Waals surface area contributed by atoms with Gasteiger partial charge in [-0.15, -0.1) is 0 Å². The van der Waals surface area contributed by atoms with Crippen LogP contribution in [0.4, 0.5) is 0 Å². The van der Waals surface area contributed by atoms with Crippen LogP contribution >= 0.6 is 0 Å². The van der Waals surface area contributed by atoms with E-state index < -0.39 is 6.10 Å². The molecular formula is C15H24N2O2. The highest BCUT2D eigenvalue weighted by molar-refractivity contribution is 5.79. The minimum atomic E-state index is -0.524. The van der Waals surface area contributed by atoms with E-state index in [-0.39, 0.29) is 30.3 Å². The second kappa shape index (κ2) is 7.26. The minimum Gasteiger partial charge on any atom is -0.391 e. The van der Waals surface area contributed by atoms with E-state index in [1.54, 1.807) is 6.92 Å². The van der Waals surface area contributed by atoms with Crippen molar-refractivity contribution in [2.24, 2.45) is 17.6 Å². The summed E-state index contributed by atoms with van der Waals surface area (Å²) in [4.78, 5) is 12.0. The Morgan fingerprint density at radius 3 is 2.37 bits per heavy atom. The van der Waals surface area contributed by atoms with Crippen molar-refractivity contribution in [1.82, 2.24) is 5.32 Å². The van der Waals surface area contributed by atoms with Crippen molar-refractivity contribution >= 4 is 5.91 Å². The van der Waals surface area contributed by atoms with Gasteiger partial charge in [-0.1, -0.05) is 51.1 Å². The van der Waals surface area contributed by atoms with Gasteiger partial charge >= 0.3 is 0 Å². The fraction of sp³-hybridized carbons (Fsp3) is 0.533. The number of hydrogen-bond acceptors (Lipinski definition) is 3. The number of nitrogens with one attached hydrogen (secondary N) is 1. The van der Waals surface area contributed by atoms with Gasteiger partial charge in [0.1, 0.15) is 0 Å². The molecule has 4 nitrogen and oxygen atoms in total. The molecule has 0 aliphatic carbocycles. The van der Waals surface area contributed by atoms with Crippen molar-refractivity contribution in [3.63, 3.8) is 0 Å². The number of aliphatic hydroxyl groups is 1. The molecule has 19 heavy (non-hydrogen) atoms. The van der Waals surface area contributed by atoms with Gasteiger partial charge in [-0.05, 0) is 11.5 Å². The Balaban J connectivity index is 2.53. The standard InChI is InChI=1S/C15H24N2O2/c1-10(2)13(18)9-17-15(19)11(3)14(16)12-7-5-4-6-8-12/h4-8,10-11,13-14,18H,9,16H2,1-3H3,(H,17,19). The predicted octanol–water partition coefficient (Wildman–Crippen LogP) is 1.46. The van der Waals surface area contributed by atoms with Crippen LogP contribution in [0.1, 0.15) is 32.4 Å². The van der Waals surface area contributed by atoms with Crippen molar-refractivity contribution in [3.8, 4) is 0 Å². The van der Waals surface area contributed by atoms with Crippen LogP contribution in [0, 0.1) is 11.8 Å². The third kappa shape index (κ3) is 4.65. The molecule has 3 atom stereocenters. The minimum absolute atomic E-state index is 0.124. The summed E-state index contributed by atoms with van der Waals surface area (Å²) in [6.07, 6.45) is -0.524. The zero-order valence-corrected chi connectivity index (χ0v) is 11.8. The molecule has 4 heteroatoms. The molecule has 1 amide bonds. The van der Waals surface area contributed by atoms with Crippen molar-refractivity contribution in [3.05, 3.63) is 35.9 Å². The SMILES string of the molecule is CC(C)C(O)CNC(=O)C(C)C(N)c1ccccc1. The maximum absolute atomic E-state index is 12.0. The van der Waals surface area contributed by atoms with Crippen LogP contribution in [0.25, 0.3) is 0 Å². The van der Waals surface area contributed by atoms with Gasteiger partial charge in [0.25, 0.3) is 0 Å². The van der Waals surface area contributed by atoms with Crippen molar-refractivity contribution < 1.29 is 9.90 Å². The van der Waals surface area contributed by atoms with E-state index in [1.807, 2.05) is 44.2 Å². The lowest BCUT2D eigenvalue weighted by Crippen LogP contribution is -2.40. The monoisotopic (exact) mass is 264 g/mol. The Labute approximate surface area is 115 Å². The Morgan fingerprint density at radius 2 is 1.84 bits per heavy atom. The number of amides is 1. The molecule has 0 saturated heterocycles. The second-order valence-electron chi connectivity index (χ2n) is 5.28. The number of carbonyl (C=O) groups is 1. The van der Waals surface area contributed by atoms with Crippen LogP contribution in [0.15, 0.2) is 30.3 Å². The molecule has 1 aromatic carbocycles. The lowest BCUT2D eigenvalue weighted by Gasteiger charge is -2.21. The molecule has 106 valence electrons. The van der Waals surface area contributed by atoms with Crippen molar-refractivity contribution in [2.75, 3.05) is 6.54 Å². The maximum atomic E-state index is 12.0. The van der Waals surface area contributed by atoms with Gasteiger partial charge < -0.3 is 16.2 Å². The number of rotatable bonds is 6. The van der Waals surface area contributed by atoms with Gasteiger partial charge in [-0.3, -0.25) is 4.79 Å². The fourth-order valence-electron chi connectivity index (χ4n) is 1.73. The van der Waals surface area contributed by atoms with Crippen LogP contribution in [0.5, 0.6) is 0 Å². The van der Waals surface area contributed by atoms with Crippen molar-refractivity contribution in [1.29, 1.82) is 0 Å². The quantitative estimate of drug-likeness (QED) is 0.728. The molecule has 0 heterocycles. The number of aliphatic hydroxyl groups excluding tert-OH is 1. The van der Waals surface area contributed by atoms with Crippen LogP contribution in [0.2, 0.25) is 0 Å². The fourth-order valence-corrected chi connectivity index (χ4v) is 1.73. The number of carbonyl (C=O) groups excluding carboxylic acids is 1. The molecule has 1 aromatic rings. The van der Waals surface area contributed by atoms with Gasteiger partial charge in [0, 0.05) is 12.6 Å². The first-order valence-electron chi connectivity index (χ1n) is 6.69. The summed E-state index contributed by atoms with van der Waals surface area (Å²) in [7, 11) is 0. The van der Waals surface area contributed by atoms with E-state index in [1.165, 1.54) is 0 Å². The molecule has 0 aliphatic rings. The summed E-state index contributed by atoms with van der Waals surface area (Å²) in [5, 5.41) is 12.4. The average Bonchev–Trinajstić information content (AvgIpc) is 2.43. The van der Waals surface area contributed by atoms with Crippen molar-refractivity contribution in [2.45, 2.75) is 32.9 Å². The average molecular weight is 264 g/mol. The summed E-state index contributed by atoms with van der Waals surface area (Å²) >= 11 is 0. The molecule has 0 radical (unpaired) electrons. The van der Waals surface area contributed by atoms with Crippen LogP contribution in [0.3, 0.4) is 0 Å². The topological polar surface area (TPSA) is 75.3 Å². The van der Waals surface area contributed by atoms with Crippen LogP contribution in [-0.4, -0.2) is 23.7 Å². The van der Waals surface area contributed by atoms with Gasteiger partial charge in [0.05, 0.1) is 12.0 Å².